The molecule has 0 spiro atoms. The average Bonchev–Trinajstić information content (AvgIpc) is 3.52. The van der Waals surface area contributed by atoms with Gasteiger partial charge in [-0.15, -0.1) is 11.3 Å². The molecule has 4 aromatic rings. The highest BCUT2D eigenvalue weighted by Crippen LogP contribution is 2.45. The van der Waals surface area contributed by atoms with E-state index >= 15 is 0 Å². The number of rotatable bonds is 5. The molecular formula is C23H15N3O5S2. The lowest BCUT2D eigenvalue weighted by Crippen LogP contribution is -2.31. The monoisotopic (exact) mass is 477 g/mol. The number of fused-ring (bicyclic) bond motifs is 1. The maximum Gasteiger partial charge on any atom is 0.296 e. The molecule has 0 saturated heterocycles. The summed E-state index contributed by atoms with van der Waals surface area (Å²) < 4.78 is 0.841. The SMILES string of the molecule is Cc1ccc2nc(N3C(=O)C(O)=C(C(=O)c4cccs4)[C@@H]3c3cccc([N+](=O)[O-])c3)sc2c1. The molecule has 33 heavy (non-hydrogen) atoms. The van der Waals surface area contributed by atoms with Crippen LogP contribution in [0.25, 0.3) is 10.2 Å². The van der Waals surface area contributed by atoms with Gasteiger partial charge in [-0.05, 0) is 41.6 Å². The fourth-order valence-electron chi connectivity index (χ4n) is 3.82. The van der Waals surface area contributed by atoms with Gasteiger partial charge in [0, 0.05) is 12.1 Å². The Bertz CT molecular complexity index is 1470. The van der Waals surface area contributed by atoms with E-state index in [-0.39, 0.29) is 16.4 Å². The van der Waals surface area contributed by atoms with E-state index in [2.05, 4.69) is 4.98 Å². The number of Topliss-reactive ketones (excluding diaryl/α,β-unsaturated/α-hetero) is 1. The summed E-state index contributed by atoms with van der Waals surface area (Å²) in [5, 5.41) is 24.2. The molecule has 164 valence electrons. The van der Waals surface area contributed by atoms with Crippen LogP contribution >= 0.6 is 22.7 Å². The van der Waals surface area contributed by atoms with Crippen LogP contribution < -0.4 is 4.90 Å². The van der Waals surface area contributed by atoms with E-state index in [0.717, 1.165) is 10.3 Å². The quantitative estimate of drug-likeness (QED) is 0.235. The highest BCUT2D eigenvalue weighted by atomic mass is 32.1. The van der Waals surface area contributed by atoms with Crippen LogP contribution in [0.4, 0.5) is 10.8 Å². The second-order valence-electron chi connectivity index (χ2n) is 7.47. The van der Waals surface area contributed by atoms with Gasteiger partial charge in [0.2, 0.25) is 5.78 Å². The summed E-state index contributed by atoms with van der Waals surface area (Å²) in [6.45, 7) is 1.94. The molecule has 1 aliphatic rings. The molecule has 5 rings (SSSR count). The molecule has 0 bridgehead atoms. The van der Waals surface area contributed by atoms with Crippen molar-refractivity contribution < 1.29 is 19.6 Å². The smallest absolute Gasteiger partial charge is 0.296 e. The number of aliphatic hydroxyl groups is 1. The Hall–Kier alpha value is -3.89. The van der Waals surface area contributed by atoms with Crippen molar-refractivity contribution in [1.82, 2.24) is 4.98 Å². The maximum atomic E-state index is 13.3. The predicted octanol–water partition coefficient (Wildman–Crippen LogP) is 5.36. The van der Waals surface area contributed by atoms with E-state index in [9.17, 15) is 24.8 Å². The maximum absolute atomic E-state index is 13.3. The van der Waals surface area contributed by atoms with Gasteiger partial charge in [0.05, 0.1) is 31.6 Å². The molecular weight excluding hydrogens is 462 g/mol. The van der Waals surface area contributed by atoms with Gasteiger partial charge in [-0.25, -0.2) is 4.98 Å². The zero-order chi connectivity index (χ0) is 23.3. The molecule has 0 fully saturated rings. The zero-order valence-corrected chi connectivity index (χ0v) is 18.7. The number of nitro benzene ring substituents is 1. The second-order valence-corrected chi connectivity index (χ2v) is 9.42. The van der Waals surface area contributed by atoms with Crippen LogP contribution in [0.1, 0.15) is 26.8 Å². The van der Waals surface area contributed by atoms with Crippen LogP contribution in [0.2, 0.25) is 0 Å². The second kappa shape index (κ2) is 7.91. The Morgan fingerprint density at radius 3 is 2.73 bits per heavy atom. The van der Waals surface area contributed by atoms with Crippen molar-refractivity contribution in [3.8, 4) is 0 Å². The number of nitro groups is 1. The third-order valence-corrected chi connectivity index (χ3v) is 7.22. The molecule has 2 aromatic heterocycles. The summed E-state index contributed by atoms with van der Waals surface area (Å²) in [6.07, 6.45) is 0. The first-order chi connectivity index (χ1) is 15.8. The molecule has 8 nitrogen and oxygen atoms in total. The summed E-state index contributed by atoms with van der Waals surface area (Å²) in [5.41, 5.74) is 1.71. The summed E-state index contributed by atoms with van der Waals surface area (Å²) >= 11 is 2.43. The van der Waals surface area contributed by atoms with E-state index in [0.29, 0.717) is 16.0 Å². The van der Waals surface area contributed by atoms with Gasteiger partial charge in [0.1, 0.15) is 0 Å². The number of benzene rings is 2. The van der Waals surface area contributed by atoms with Crippen molar-refractivity contribution in [3.05, 3.63) is 97.4 Å². The van der Waals surface area contributed by atoms with E-state index in [4.69, 9.17) is 0 Å². The van der Waals surface area contributed by atoms with E-state index in [1.54, 1.807) is 23.6 Å². The molecule has 2 aromatic carbocycles. The number of aromatic nitrogens is 1. The molecule has 0 aliphatic carbocycles. The minimum absolute atomic E-state index is 0.126. The summed E-state index contributed by atoms with van der Waals surface area (Å²) in [4.78, 5) is 43.6. The number of aryl methyl sites for hydroxylation is 1. The number of carbonyl (C=O) groups is 2. The van der Waals surface area contributed by atoms with Crippen LogP contribution in [0, 0.1) is 17.0 Å². The van der Waals surface area contributed by atoms with Gasteiger partial charge < -0.3 is 5.11 Å². The van der Waals surface area contributed by atoms with Crippen LogP contribution in [0.3, 0.4) is 0 Å². The van der Waals surface area contributed by atoms with Crippen LogP contribution in [0.15, 0.2) is 71.3 Å². The van der Waals surface area contributed by atoms with Crippen molar-refractivity contribution in [1.29, 1.82) is 0 Å². The molecule has 10 heteroatoms. The van der Waals surface area contributed by atoms with E-state index in [1.165, 1.54) is 45.8 Å². The van der Waals surface area contributed by atoms with Crippen molar-refractivity contribution in [2.24, 2.45) is 0 Å². The fraction of sp³-hybridized carbons (Fsp3) is 0.0870. The number of thiophene rings is 1. The number of hydrogen-bond donors (Lipinski definition) is 1. The number of anilines is 1. The number of aliphatic hydroxyl groups excluding tert-OH is 1. The van der Waals surface area contributed by atoms with Crippen molar-refractivity contribution in [3.63, 3.8) is 0 Å². The van der Waals surface area contributed by atoms with Gasteiger partial charge in [-0.1, -0.05) is 35.6 Å². The van der Waals surface area contributed by atoms with Gasteiger partial charge in [-0.2, -0.15) is 0 Å². The third-order valence-electron chi connectivity index (χ3n) is 5.33. The lowest BCUT2D eigenvalue weighted by atomic mass is 9.95. The summed E-state index contributed by atoms with van der Waals surface area (Å²) in [7, 11) is 0. The number of ketones is 1. The molecule has 0 saturated carbocycles. The predicted molar refractivity (Wildman–Crippen MR) is 126 cm³/mol. The Kier molecular flexibility index (Phi) is 5.03. The van der Waals surface area contributed by atoms with Crippen LogP contribution in [-0.2, 0) is 4.79 Å². The number of hydrogen-bond acceptors (Lipinski definition) is 8. The molecule has 3 heterocycles. The Balaban J connectivity index is 1.70. The summed E-state index contributed by atoms with van der Waals surface area (Å²) in [6, 6.07) is 13.6. The minimum Gasteiger partial charge on any atom is -0.503 e. The first-order valence-electron chi connectivity index (χ1n) is 9.81. The largest absolute Gasteiger partial charge is 0.503 e. The zero-order valence-electron chi connectivity index (χ0n) is 17.1. The first-order valence-corrected chi connectivity index (χ1v) is 11.5. The first kappa shape index (κ1) is 21.0. The minimum atomic E-state index is -1.06. The lowest BCUT2D eigenvalue weighted by Gasteiger charge is -2.24. The van der Waals surface area contributed by atoms with Crippen LogP contribution in [0.5, 0.6) is 0 Å². The van der Waals surface area contributed by atoms with Crippen molar-refractivity contribution in [2.45, 2.75) is 13.0 Å². The molecule has 0 unspecified atom stereocenters. The normalized spacial score (nSPS) is 16.1. The standard InChI is InChI=1S/C23H15N3O5S2/c1-12-7-8-15-17(10-12)33-23(24-15)25-19(13-4-2-5-14(11-13)26(30)31)18(21(28)22(25)29)20(27)16-6-3-9-32-16/h2-11,19,28H,1H3/t19-/m0/s1. The van der Waals surface area contributed by atoms with Crippen molar-refractivity contribution >= 4 is 55.4 Å². The van der Waals surface area contributed by atoms with E-state index in [1.807, 2.05) is 25.1 Å². The molecule has 1 atom stereocenters. The van der Waals surface area contributed by atoms with Crippen LogP contribution in [-0.4, -0.2) is 26.7 Å². The number of thiazole rings is 1. The topological polar surface area (TPSA) is 114 Å². The highest BCUT2D eigenvalue weighted by molar-refractivity contribution is 7.22. The number of amides is 1. The molecule has 1 N–H and O–H groups in total. The van der Waals surface area contributed by atoms with Gasteiger partial charge in [0.25, 0.3) is 11.6 Å². The van der Waals surface area contributed by atoms with Gasteiger partial charge in [-0.3, -0.25) is 24.6 Å². The number of non-ortho nitro benzene ring substituents is 1. The summed E-state index contributed by atoms with van der Waals surface area (Å²) in [5.74, 6) is -1.96. The van der Waals surface area contributed by atoms with Gasteiger partial charge >= 0.3 is 0 Å². The Morgan fingerprint density at radius 1 is 1.18 bits per heavy atom. The number of carbonyl (C=O) groups excluding carboxylic acids is 2. The molecule has 1 amide bonds. The number of nitrogens with zero attached hydrogens (tertiary/aromatic N) is 3. The van der Waals surface area contributed by atoms with Gasteiger partial charge in [0.15, 0.2) is 10.9 Å². The molecule has 0 radical (unpaired) electrons. The lowest BCUT2D eigenvalue weighted by molar-refractivity contribution is -0.384. The fourth-order valence-corrected chi connectivity index (χ4v) is 5.59. The molecule has 1 aliphatic heterocycles. The van der Waals surface area contributed by atoms with E-state index < -0.39 is 28.4 Å². The average molecular weight is 478 g/mol. The Morgan fingerprint density at radius 2 is 2.00 bits per heavy atom. The highest BCUT2D eigenvalue weighted by Gasteiger charge is 2.46. The third kappa shape index (κ3) is 3.49. The van der Waals surface area contributed by atoms with Crippen molar-refractivity contribution in [2.75, 3.05) is 4.90 Å². The Labute approximate surface area is 195 Å².